The van der Waals surface area contributed by atoms with Gasteiger partial charge in [-0.05, 0) is 18.1 Å². The number of benzene rings is 1. The van der Waals surface area contributed by atoms with E-state index in [0.717, 1.165) is 16.5 Å². The molecule has 1 aromatic carbocycles. The van der Waals surface area contributed by atoms with Crippen LogP contribution in [-0.2, 0) is 20.8 Å². The Labute approximate surface area is 137 Å². The predicted molar refractivity (Wildman–Crippen MR) is 84.4 cm³/mol. The van der Waals surface area contributed by atoms with E-state index in [1.165, 1.54) is 0 Å². The molecule has 8 nitrogen and oxygen atoms in total. The van der Waals surface area contributed by atoms with Crippen molar-refractivity contribution in [3.8, 4) is 0 Å². The van der Waals surface area contributed by atoms with E-state index in [4.69, 9.17) is 10.2 Å². The van der Waals surface area contributed by atoms with Crippen molar-refractivity contribution in [2.45, 2.75) is 31.4 Å². The Morgan fingerprint density at radius 2 is 1.83 bits per heavy atom. The summed E-state index contributed by atoms with van der Waals surface area (Å²) in [4.78, 5) is 36.7. The van der Waals surface area contributed by atoms with Crippen molar-refractivity contribution < 1.29 is 29.7 Å². The van der Waals surface area contributed by atoms with Gasteiger partial charge in [-0.2, -0.15) is 0 Å². The number of carboxylic acid groups (broad SMARTS) is 2. The van der Waals surface area contributed by atoms with Crippen LogP contribution >= 0.6 is 0 Å². The normalized spacial score (nSPS) is 13.4. The molecule has 0 aliphatic rings. The lowest BCUT2D eigenvalue weighted by Gasteiger charge is -2.14. The van der Waals surface area contributed by atoms with Gasteiger partial charge in [0.1, 0.15) is 6.04 Å². The van der Waals surface area contributed by atoms with Gasteiger partial charge in [-0.15, -0.1) is 0 Å². The molecule has 0 aliphatic carbocycles. The molecule has 0 bridgehead atoms. The SMILES string of the molecule is O=C(CC[C@@H](O)C(=O)O)N[C@H](Cc1c[nH]c2ccccc12)C(=O)O. The summed E-state index contributed by atoms with van der Waals surface area (Å²) in [5.74, 6) is -3.23. The van der Waals surface area contributed by atoms with E-state index in [0.29, 0.717) is 0 Å². The van der Waals surface area contributed by atoms with Crippen molar-refractivity contribution in [1.82, 2.24) is 10.3 Å². The number of aliphatic hydroxyl groups is 1. The Balaban J connectivity index is 2.01. The molecule has 0 fully saturated rings. The predicted octanol–water partition coefficient (Wildman–Crippen LogP) is 0.505. The molecule has 0 aliphatic heterocycles. The minimum atomic E-state index is -1.65. The van der Waals surface area contributed by atoms with Crippen LogP contribution in [0.4, 0.5) is 0 Å². The monoisotopic (exact) mass is 334 g/mol. The average molecular weight is 334 g/mol. The highest BCUT2D eigenvalue weighted by atomic mass is 16.4. The summed E-state index contributed by atoms with van der Waals surface area (Å²) >= 11 is 0. The van der Waals surface area contributed by atoms with E-state index in [9.17, 15) is 19.5 Å². The molecule has 1 heterocycles. The number of carboxylic acids is 2. The standard InChI is InChI=1S/C16H18N2O6/c19-13(16(23)24)5-6-14(20)18-12(15(21)22)7-9-8-17-11-4-2-1-3-10(9)11/h1-4,8,12-13,17,19H,5-7H2,(H,18,20)(H,21,22)(H,23,24)/t12-,13-/m1/s1. The van der Waals surface area contributed by atoms with Gasteiger partial charge in [0.15, 0.2) is 6.10 Å². The summed E-state index contributed by atoms with van der Waals surface area (Å²) in [6, 6.07) is 6.26. The minimum absolute atomic E-state index is 0.0899. The summed E-state index contributed by atoms with van der Waals surface area (Å²) in [6.45, 7) is 0. The first-order chi connectivity index (χ1) is 11.4. The van der Waals surface area contributed by atoms with Crippen molar-refractivity contribution >= 4 is 28.7 Å². The highest BCUT2D eigenvalue weighted by Gasteiger charge is 2.23. The summed E-state index contributed by atoms with van der Waals surface area (Å²) < 4.78 is 0. The van der Waals surface area contributed by atoms with E-state index in [2.05, 4.69) is 10.3 Å². The maximum absolute atomic E-state index is 11.8. The summed E-state index contributed by atoms with van der Waals surface area (Å²) in [7, 11) is 0. The van der Waals surface area contributed by atoms with Crippen molar-refractivity contribution in [2.24, 2.45) is 0 Å². The lowest BCUT2D eigenvalue weighted by molar-refractivity contribution is -0.147. The zero-order chi connectivity index (χ0) is 17.7. The molecule has 0 unspecified atom stereocenters. The first kappa shape index (κ1) is 17.5. The summed E-state index contributed by atoms with van der Waals surface area (Å²) in [6.07, 6.45) is -0.410. The molecule has 0 spiro atoms. The minimum Gasteiger partial charge on any atom is -0.480 e. The molecule has 0 saturated carbocycles. The smallest absolute Gasteiger partial charge is 0.332 e. The van der Waals surface area contributed by atoms with Crippen LogP contribution in [0.5, 0.6) is 0 Å². The number of H-pyrrole nitrogens is 1. The molecule has 2 aromatic rings. The maximum Gasteiger partial charge on any atom is 0.332 e. The number of hydrogen-bond donors (Lipinski definition) is 5. The van der Waals surface area contributed by atoms with Crippen LogP contribution < -0.4 is 5.32 Å². The van der Waals surface area contributed by atoms with Gasteiger partial charge in [-0.25, -0.2) is 9.59 Å². The van der Waals surface area contributed by atoms with Crippen LogP contribution in [0.15, 0.2) is 30.5 Å². The molecule has 1 aromatic heterocycles. The second-order valence-electron chi connectivity index (χ2n) is 5.41. The first-order valence-corrected chi connectivity index (χ1v) is 7.36. The van der Waals surface area contributed by atoms with E-state index >= 15 is 0 Å². The van der Waals surface area contributed by atoms with Gasteiger partial charge >= 0.3 is 11.9 Å². The highest BCUT2D eigenvalue weighted by molar-refractivity contribution is 5.87. The van der Waals surface area contributed by atoms with Gasteiger partial charge in [0.2, 0.25) is 5.91 Å². The molecule has 24 heavy (non-hydrogen) atoms. The third-order valence-corrected chi connectivity index (χ3v) is 3.66. The van der Waals surface area contributed by atoms with E-state index < -0.39 is 30.0 Å². The fraction of sp³-hybridized carbons (Fsp3) is 0.312. The van der Waals surface area contributed by atoms with Gasteiger partial charge in [-0.1, -0.05) is 18.2 Å². The molecule has 8 heteroatoms. The third kappa shape index (κ3) is 4.32. The number of para-hydroxylation sites is 1. The zero-order valence-electron chi connectivity index (χ0n) is 12.7. The Morgan fingerprint density at radius 1 is 1.12 bits per heavy atom. The number of carbonyl (C=O) groups excluding carboxylic acids is 1. The molecule has 128 valence electrons. The fourth-order valence-electron chi connectivity index (χ4n) is 2.38. The number of carbonyl (C=O) groups is 3. The first-order valence-electron chi connectivity index (χ1n) is 7.36. The number of nitrogens with one attached hydrogen (secondary N) is 2. The number of aromatic amines is 1. The molecule has 0 saturated heterocycles. The fourth-order valence-corrected chi connectivity index (χ4v) is 2.38. The van der Waals surface area contributed by atoms with Gasteiger partial charge in [-0.3, -0.25) is 4.79 Å². The number of aromatic nitrogens is 1. The number of amides is 1. The second-order valence-corrected chi connectivity index (χ2v) is 5.41. The number of aliphatic hydroxyl groups excluding tert-OH is 1. The van der Waals surface area contributed by atoms with E-state index in [1.807, 2.05) is 24.3 Å². The average Bonchev–Trinajstić information content (AvgIpc) is 2.95. The van der Waals surface area contributed by atoms with E-state index in [1.54, 1.807) is 6.20 Å². The second kappa shape index (κ2) is 7.60. The Hall–Kier alpha value is -2.87. The topological polar surface area (TPSA) is 140 Å². The van der Waals surface area contributed by atoms with Crippen LogP contribution in [0.1, 0.15) is 18.4 Å². The zero-order valence-corrected chi connectivity index (χ0v) is 12.7. The van der Waals surface area contributed by atoms with Crippen molar-refractivity contribution in [3.63, 3.8) is 0 Å². The van der Waals surface area contributed by atoms with Crippen LogP contribution in [0, 0.1) is 0 Å². The van der Waals surface area contributed by atoms with Crippen molar-refractivity contribution in [2.75, 3.05) is 0 Å². The molecule has 2 atom stereocenters. The van der Waals surface area contributed by atoms with E-state index in [-0.39, 0.29) is 19.3 Å². The lowest BCUT2D eigenvalue weighted by Crippen LogP contribution is -2.42. The number of aliphatic carboxylic acids is 2. The molecule has 2 rings (SSSR count). The van der Waals surface area contributed by atoms with Crippen LogP contribution in [-0.4, -0.2) is 50.3 Å². The number of hydrogen-bond acceptors (Lipinski definition) is 4. The van der Waals surface area contributed by atoms with Crippen LogP contribution in [0.3, 0.4) is 0 Å². The molecular weight excluding hydrogens is 316 g/mol. The Kier molecular flexibility index (Phi) is 5.54. The lowest BCUT2D eigenvalue weighted by atomic mass is 10.0. The van der Waals surface area contributed by atoms with Gasteiger partial charge in [0.05, 0.1) is 0 Å². The molecular formula is C16H18N2O6. The molecule has 0 radical (unpaired) electrons. The maximum atomic E-state index is 11.8. The molecule has 5 N–H and O–H groups in total. The summed E-state index contributed by atoms with van der Waals surface area (Å²) in [5, 5.41) is 30.2. The van der Waals surface area contributed by atoms with Gasteiger partial charge < -0.3 is 25.6 Å². The van der Waals surface area contributed by atoms with Gasteiger partial charge in [0, 0.05) is 29.9 Å². The third-order valence-electron chi connectivity index (χ3n) is 3.66. The quantitative estimate of drug-likeness (QED) is 0.476. The molecule has 1 amide bonds. The van der Waals surface area contributed by atoms with Gasteiger partial charge in [0.25, 0.3) is 0 Å². The largest absolute Gasteiger partial charge is 0.480 e. The Bertz CT molecular complexity index is 754. The number of rotatable bonds is 8. The number of fused-ring (bicyclic) bond motifs is 1. The Morgan fingerprint density at radius 3 is 2.50 bits per heavy atom. The van der Waals surface area contributed by atoms with Crippen LogP contribution in [0.2, 0.25) is 0 Å². The van der Waals surface area contributed by atoms with Crippen LogP contribution in [0.25, 0.3) is 10.9 Å². The van der Waals surface area contributed by atoms with Crippen molar-refractivity contribution in [1.29, 1.82) is 0 Å². The summed E-state index contributed by atoms with van der Waals surface area (Å²) in [5.41, 5.74) is 1.62. The highest BCUT2D eigenvalue weighted by Crippen LogP contribution is 2.19. The van der Waals surface area contributed by atoms with Crippen molar-refractivity contribution in [3.05, 3.63) is 36.0 Å².